The summed E-state index contributed by atoms with van der Waals surface area (Å²) in [7, 11) is -3.58. The Morgan fingerprint density at radius 3 is 2.79 bits per heavy atom. The number of amides is 1. The van der Waals surface area contributed by atoms with E-state index in [1.54, 1.807) is 18.2 Å². The van der Waals surface area contributed by atoms with Gasteiger partial charge < -0.3 is 5.32 Å². The van der Waals surface area contributed by atoms with Crippen LogP contribution < -0.4 is 10.0 Å². The van der Waals surface area contributed by atoms with Gasteiger partial charge in [0.15, 0.2) is 0 Å². The van der Waals surface area contributed by atoms with Crippen LogP contribution >= 0.6 is 11.6 Å². The van der Waals surface area contributed by atoms with Gasteiger partial charge in [-0.15, -0.1) is 0 Å². The van der Waals surface area contributed by atoms with Gasteiger partial charge in [-0.05, 0) is 54.3 Å². The Bertz CT molecular complexity index is 881. The number of rotatable bonds is 6. The van der Waals surface area contributed by atoms with Crippen LogP contribution in [0.2, 0.25) is 5.02 Å². The fourth-order valence-corrected chi connectivity index (χ4v) is 3.98. The third-order valence-corrected chi connectivity index (χ3v) is 5.53. The largest absolute Gasteiger partial charge is 0.326 e. The van der Waals surface area contributed by atoms with E-state index in [4.69, 9.17) is 11.6 Å². The number of benzene rings is 2. The third-order valence-electron chi connectivity index (χ3n) is 3.84. The number of nitrogens with one attached hydrogen (secondary N) is 2. The molecule has 0 fully saturated rings. The van der Waals surface area contributed by atoms with Crippen molar-refractivity contribution in [3.05, 3.63) is 58.6 Å². The van der Waals surface area contributed by atoms with Gasteiger partial charge in [0.1, 0.15) is 0 Å². The number of fused-ring (bicyclic) bond motifs is 1. The van der Waals surface area contributed by atoms with Crippen LogP contribution in [0.25, 0.3) is 0 Å². The first-order valence-electron chi connectivity index (χ1n) is 7.61. The molecule has 24 heavy (non-hydrogen) atoms. The summed E-state index contributed by atoms with van der Waals surface area (Å²) in [5, 5.41) is 3.36. The summed E-state index contributed by atoms with van der Waals surface area (Å²) in [5.41, 5.74) is 2.46. The van der Waals surface area contributed by atoms with Crippen molar-refractivity contribution in [2.24, 2.45) is 0 Å². The van der Waals surface area contributed by atoms with Crippen LogP contribution in [-0.2, 0) is 27.7 Å². The average molecular weight is 365 g/mol. The lowest BCUT2D eigenvalue weighted by atomic mass is 10.1. The molecule has 0 unspecified atom stereocenters. The zero-order chi connectivity index (χ0) is 17.2. The van der Waals surface area contributed by atoms with E-state index in [0.29, 0.717) is 29.2 Å². The van der Waals surface area contributed by atoms with E-state index in [1.165, 1.54) is 6.07 Å². The topological polar surface area (TPSA) is 75.3 Å². The maximum atomic E-state index is 12.3. The molecule has 1 heterocycles. The lowest BCUT2D eigenvalue weighted by Gasteiger charge is -2.08. The van der Waals surface area contributed by atoms with Gasteiger partial charge in [-0.25, -0.2) is 13.1 Å². The number of aryl methyl sites for hydroxylation is 1. The van der Waals surface area contributed by atoms with Crippen LogP contribution in [0.15, 0.2) is 47.4 Å². The highest BCUT2D eigenvalue weighted by Gasteiger charge is 2.21. The maximum absolute atomic E-state index is 12.3. The molecule has 0 atom stereocenters. The van der Waals surface area contributed by atoms with Crippen LogP contribution in [0, 0.1) is 0 Å². The first-order chi connectivity index (χ1) is 11.4. The van der Waals surface area contributed by atoms with Gasteiger partial charge in [-0.1, -0.05) is 23.7 Å². The predicted molar refractivity (Wildman–Crippen MR) is 93.7 cm³/mol. The van der Waals surface area contributed by atoms with Gasteiger partial charge in [0.05, 0.1) is 11.3 Å². The molecule has 126 valence electrons. The van der Waals surface area contributed by atoms with Crippen molar-refractivity contribution >= 4 is 33.2 Å². The van der Waals surface area contributed by atoms with E-state index in [1.807, 2.05) is 18.2 Å². The number of carbonyl (C=O) groups excluding carboxylic acids is 1. The monoisotopic (exact) mass is 364 g/mol. The lowest BCUT2D eigenvalue weighted by molar-refractivity contribution is -0.115. The standard InChI is InChI=1S/C17H17ClN2O3S/c18-14-5-1-3-12(9-14)4-2-8-19-24(22,23)15-6-7-16-13(10-15)11-17(21)20-16/h1,3,5-7,9-10,19H,2,4,8,11H2,(H,20,21). The van der Waals surface area contributed by atoms with Crippen molar-refractivity contribution in [1.82, 2.24) is 4.72 Å². The normalized spacial score (nSPS) is 13.6. The highest BCUT2D eigenvalue weighted by molar-refractivity contribution is 7.89. The second-order valence-electron chi connectivity index (χ2n) is 5.68. The lowest BCUT2D eigenvalue weighted by Crippen LogP contribution is -2.25. The van der Waals surface area contributed by atoms with Gasteiger partial charge in [0, 0.05) is 17.3 Å². The molecule has 0 spiro atoms. The molecule has 1 amide bonds. The molecule has 3 rings (SSSR count). The molecule has 1 aliphatic heterocycles. The van der Waals surface area contributed by atoms with Gasteiger partial charge in [-0.3, -0.25) is 4.79 Å². The SMILES string of the molecule is O=C1Cc2cc(S(=O)(=O)NCCCc3cccc(Cl)c3)ccc2N1. The highest BCUT2D eigenvalue weighted by Crippen LogP contribution is 2.25. The van der Waals surface area contributed by atoms with Crippen LogP contribution in [0.3, 0.4) is 0 Å². The molecule has 0 radical (unpaired) electrons. The number of hydrogen-bond acceptors (Lipinski definition) is 3. The van der Waals surface area contributed by atoms with Crippen molar-refractivity contribution in [1.29, 1.82) is 0 Å². The molecule has 0 aromatic heterocycles. The minimum atomic E-state index is -3.58. The third kappa shape index (κ3) is 3.95. The predicted octanol–water partition coefficient (Wildman–Crippen LogP) is 2.75. The summed E-state index contributed by atoms with van der Waals surface area (Å²) in [6.45, 7) is 0.336. The minimum Gasteiger partial charge on any atom is -0.326 e. The number of carbonyl (C=O) groups is 1. The van der Waals surface area contributed by atoms with Crippen LogP contribution in [-0.4, -0.2) is 20.9 Å². The summed E-state index contributed by atoms with van der Waals surface area (Å²) >= 11 is 5.93. The van der Waals surface area contributed by atoms with E-state index in [0.717, 1.165) is 12.0 Å². The van der Waals surface area contributed by atoms with Crippen LogP contribution in [0.5, 0.6) is 0 Å². The molecule has 5 nitrogen and oxygen atoms in total. The summed E-state index contributed by atoms with van der Waals surface area (Å²) < 4.78 is 27.3. The number of hydrogen-bond donors (Lipinski definition) is 2. The fraction of sp³-hybridized carbons (Fsp3) is 0.235. The molecule has 2 aromatic carbocycles. The quantitative estimate of drug-likeness (QED) is 0.774. The molecule has 0 saturated heterocycles. The Morgan fingerprint density at radius 2 is 2.00 bits per heavy atom. The van der Waals surface area contributed by atoms with Gasteiger partial charge in [0.25, 0.3) is 0 Å². The molecular weight excluding hydrogens is 348 g/mol. The number of anilines is 1. The van der Waals surface area contributed by atoms with E-state index in [-0.39, 0.29) is 17.2 Å². The number of sulfonamides is 1. The van der Waals surface area contributed by atoms with Gasteiger partial charge >= 0.3 is 0 Å². The fourth-order valence-electron chi connectivity index (χ4n) is 2.65. The highest BCUT2D eigenvalue weighted by atomic mass is 35.5. The Morgan fingerprint density at radius 1 is 1.17 bits per heavy atom. The second-order valence-corrected chi connectivity index (χ2v) is 7.88. The molecule has 2 aromatic rings. The molecule has 7 heteroatoms. The molecule has 0 saturated carbocycles. The van der Waals surface area contributed by atoms with Crippen molar-refractivity contribution in [3.63, 3.8) is 0 Å². The maximum Gasteiger partial charge on any atom is 0.240 e. The molecule has 0 bridgehead atoms. The Hall–Kier alpha value is -1.89. The van der Waals surface area contributed by atoms with E-state index in [9.17, 15) is 13.2 Å². The summed E-state index contributed by atoms with van der Waals surface area (Å²) in [5.74, 6) is -0.117. The Balaban J connectivity index is 1.58. The first-order valence-corrected chi connectivity index (χ1v) is 9.47. The first kappa shape index (κ1) is 17.0. The summed E-state index contributed by atoms with van der Waals surface area (Å²) in [6.07, 6.45) is 1.63. The van der Waals surface area contributed by atoms with E-state index < -0.39 is 10.0 Å². The van der Waals surface area contributed by atoms with Crippen molar-refractivity contribution in [2.75, 3.05) is 11.9 Å². The van der Waals surface area contributed by atoms with Gasteiger partial charge in [0.2, 0.25) is 15.9 Å². The van der Waals surface area contributed by atoms with Crippen molar-refractivity contribution < 1.29 is 13.2 Å². The molecule has 1 aliphatic rings. The summed E-state index contributed by atoms with van der Waals surface area (Å²) in [4.78, 5) is 11.5. The number of halogens is 1. The summed E-state index contributed by atoms with van der Waals surface area (Å²) in [6, 6.07) is 12.2. The Kier molecular flexibility index (Phi) is 4.89. The molecule has 2 N–H and O–H groups in total. The van der Waals surface area contributed by atoms with Crippen LogP contribution in [0.1, 0.15) is 17.5 Å². The van der Waals surface area contributed by atoms with E-state index in [2.05, 4.69) is 10.0 Å². The smallest absolute Gasteiger partial charge is 0.240 e. The second kappa shape index (κ2) is 6.93. The molecular formula is C17H17ClN2O3S. The molecule has 0 aliphatic carbocycles. The van der Waals surface area contributed by atoms with Crippen LogP contribution in [0.4, 0.5) is 5.69 Å². The van der Waals surface area contributed by atoms with E-state index >= 15 is 0 Å². The zero-order valence-electron chi connectivity index (χ0n) is 12.9. The average Bonchev–Trinajstić information content (AvgIpc) is 2.91. The Labute approximate surface area is 146 Å². The van der Waals surface area contributed by atoms with Crippen molar-refractivity contribution in [2.45, 2.75) is 24.2 Å². The van der Waals surface area contributed by atoms with Gasteiger partial charge in [-0.2, -0.15) is 0 Å². The van der Waals surface area contributed by atoms with Crippen molar-refractivity contribution in [3.8, 4) is 0 Å². The minimum absolute atomic E-state index is 0.117. The zero-order valence-corrected chi connectivity index (χ0v) is 14.5.